The lowest BCUT2D eigenvalue weighted by Gasteiger charge is -2.08. The van der Waals surface area contributed by atoms with E-state index >= 15 is 0 Å². The van der Waals surface area contributed by atoms with E-state index in [0.717, 1.165) is 25.9 Å². The molecule has 0 saturated carbocycles. The number of carbonyl (C=O) groups excluding carboxylic acids is 1. The monoisotopic (exact) mass is 411 g/mol. The first-order valence-electron chi connectivity index (χ1n) is 8.49. The van der Waals surface area contributed by atoms with E-state index in [4.69, 9.17) is 0 Å². The first-order valence-corrected chi connectivity index (χ1v) is 11.0. The molecular weight excluding hydrogens is 394 g/mol. The first kappa shape index (κ1) is 18.2. The van der Waals surface area contributed by atoms with Gasteiger partial charge >= 0.3 is 0 Å². The standard InChI is InChI=1S/C20H17N3OS3/c1-13(25-20-22-16-9-5-6-10-17(16)27-20)18(24)23-19-21-12-15(26-19)11-14-7-3-2-4-8-14/h2-10,12-13H,11H2,1H3,(H,21,23,24)/t13-/m1/s1. The molecule has 7 heteroatoms. The average Bonchev–Trinajstić information content (AvgIpc) is 3.28. The van der Waals surface area contributed by atoms with Crippen molar-refractivity contribution in [2.45, 2.75) is 22.9 Å². The highest BCUT2D eigenvalue weighted by Gasteiger charge is 2.18. The molecule has 0 radical (unpaired) electrons. The molecular formula is C20H17N3OS3. The molecule has 2 heterocycles. The summed E-state index contributed by atoms with van der Waals surface area (Å²) < 4.78 is 2.04. The Morgan fingerprint density at radius 3 is 2.70 bits per heavy atom. The van der Waals surface area contributed by atoms with Gasteiger partial charge in [0.2, 0.25) is 5.91 Å². The predicted molar refractivity (Wildman–Crippen MR) is 115 cm³/mol. The molecule has 0 aliphatic heterocycles. The number of fused-ring (bicyclic) bond motifs is 1. The van der Waals surface area contributed by atoms with Crippen LogP contribution in [0, 0.1) is 0 Å². The van der Waals surface area contributed by atoms with Gasteiger partial charge in [-0.05, 0) is 24.6 Å². The second kappa shape index (κ2) is 8.21. The van der Waals surface area contributed by atoms with Crippen LogP contribution in [0.2, 0.25) is 0 Å². The second-order valence-corrected chi connectivity index (χ2v) is 9.72. The Hall–Kier alpha value is -2.22. The maximum Gasteiger partial charge on any atom is 0.239 e. The Kier molecular flexibility index (Phi) is 5.52. The molecule has 136 valence electrons. The Labute approximate surface area is 169 Å². The van der Waals surface area contributed by atoms with Gasteiger partial charge in [-0.25, -0.2) is 9.97 Å². The molecule has 1 amide bonds. The molecule has 1 N–H and O–H groups in total. The van der Waals surface area contributed by atoms with Gasteiger partial charge < -0.3 is 5.32 Å². The molecule has 4 rings (SSSR count). The van der Waals surface area contributed by atoms with E-state index in [1.165, 1.54) is 28.7 Å². The van der Waals surface area contributed by atoms with Gasteiger partial charge in [0.05, 0.1) is 15.5 Å². The van der Waals surface area contributed by atoms with Crippen LogP contribution in [-0.2, 0) is 11.2 Å². The molecule has 27 heavy (non-hydrogen) atoms. The lowest BCUT2D eigenvalue weighted by molar-refractivity contribution is -0.115. The number of para-hydroxylation sites is 1. The first-order chi connectivity index (χ1) is 13.2. The van der Waals surface area contributed by atoms with Crippen LogP contribution in [-0.4, -0.2) is 21.1 Å². The molecule has 0 fully saturated rings. The largest absolute Gasteiger partial charge is 0.301 e. The van der Waals surface area contributed by atoms with Crippen molar-refractivity contribution in [3.8, 4) is 0 Å². The van der Waals surface area contributed by atoms with Crippen LogP contribution >= 0.6 is 34.4 Å². The molecule has 0 saturated heterocycles. The Bertz CT molecular complexity index is 1030. The second-order valence-electron chi connectivity index (χ2n) is 5.99. The number of thiazole rings is 2. The Morgan fingerprint density at radius 2 is 1.89 bits per heavy atom. The molecule has 0 spiro atoms. The summed E-state index contributed by atoms with van der Waals surface area (Å²) >= 11 is 4.61. The number of amides is 1. The summed E-state index contributed by atoms with van der Waals surface area (Å²) in [5, 5.41) is 3.32. The number of rotatable bonds is 6. The average molecular weight is 412 g/mol. The van der Waals surface area contributed by atoms with Crippen molar-refractivity contribution >= 4 is 55.7 Å². The van der Waals surface area contributed by atoms with Crippen molar-refractivity contribution in [1.29, 1.82) is 0 Å². The number of nitrogens with zero attached hydrogens (tertiary/aromatic N) is 2. The lowest BCUT2D eigenvalue weighted by atomic mass is 10.1. The number of nitrogens with one attached hydrogen (secondary N) is 1. The van der Waals surface area contributed by atoms with Gasteiger partial charge in [0, 0.05) is 17.5 Å². The van der Waals surface area contributed by atoms with E-state index < -0.39 is 0 Å². The molecule has 2 aromatic carbocycles. The number of hydrogen-bond acceptors (Lipinski definition) is 6. The smallest absolute Gasteiger partial charge is 0.239 e. The van der Waals surface area contributed by atoms with Crippen molar-refractivity contribution in [3.63, 3.8) is 0 Å². The van der Waals surface area contributed by atoms with Gasteiger partial charge in [0.25, 0.3) is 0 Å². The van der Waals surface area contributed by atoms with E-state index in [1.54, 1.807) is 11.3 Å². The highest BCUT2D eigenvalue weighted by molar-refractivity contribution is 8.02. The molecule has 4 aromatic rings. The Balaban J connectivity index is 1.37. The van der Waals surface area contributed by atoms with Crippen LogP contribution in [0.25, 0.3) is 10.2 Å². The highest BCUT2D eigenvalue weighted by Crippen LogP contribution is 2.32. The third-order valence-electron chi connectivity index (χ3n) is 3.93. The van der Waals surface area contributed by atoms with Gasteiger partial charge in [-0.3, -0.25) is 4.79 Å². The van der Waals surface area contributed by atoms with Crippen LogP contribution < -0.4 is 5.32 Å². The summed E-state index contributed by atoms with van der Waals surface area (Å²) in [5.74, 6) is -0.0557. The van der Waals surface area contributed by atoms with Crippen molar-refractivity contribution in [3.05, 3.63) is 71.2 Å². The van der Waals surface area contributed by atoms with Crippen LogP contribution in [0.3, 0.4) is 0 Å². The van der Waals surface area contributed by atoms with Gasteiger partial charge in [0.15, 0.2) is 9.47 Å². The van der Waals surface area contributed by atoms with E-state index in [-0.39, 0.29) is 11.2 Å². The zero-order valence-corrected chi connectivity index (χ0v) is 17.0. The van der Waals surface area contributed by atoms with E-state index in [1.807, 2.05) is 55.6 Å². The summed E-state index contributed by atoms with van der Waals surface area (Å²) in [7, 11) is 0. The summed E-state index contributed by atoms with van der Waals surface area (Å²) in [6, 6.07) is 18.3. The molecule has 0 aliphatic carbocycles. The van der Waals surface area contributed by atoms with Crippen molar-refractivity contribution in [1.82, 2.24) is 9.97 Å². The third-order valence-corrected chi connectivity index (χ3v) is 7.07. The van der Waals surface area contributed by atoms with Crippen LogP contribution in [0.15, 0.2) is 65.1 Å². The van der Waals surface area contributed by atoms with Crippen molar-refractivity contribution in [2.24, 2.45) is 0 Å². The van der Waals surface area contributed by atoms with Crippen LogP contribution in [0.1, 0.15) is 17.4 Å². The minimum Gasteiger partial charge on any atom is -0.301 e. The van der Waals surface area contributed by atoms with Crippen molar-refractivity contribution < 1.29 is 4.79 Å². The lowest BCUT2D eigenvalue weighted by Crippen LogP contribution is -2.22. The van der Waals surface area contributed by atoms with Gasteiger partial charge in [-0.2, -0.15) is 0 Å². The number of thioether (sulfide) groups is 1. The fourth-order valence-corrected chi connectivity index (χ4v) is 5.62. The fraction of sp³-hybridized carbons (Fsp3) is 0.150. The molecule has 0 aliphatic rings. The molecule has 0 bridgehead atoms. The van der Waals surface area contributed by atoms with Crippen LogP contribution in [0.5, 0.6) is 0 Å². The van der Waals surface area contributed by atoms with Gasteiger partial charge in [0.1, 0.15) is 0 Å². The fourth-order valence-electron chi connectivity index (χ4n) is 2.56. The topological polar surface area (TPSA) is 54.9 Å². The molecule has 4 nitrogen and oxygen atoms in total. The molecule has 0 unspecified atom stereocenters. The maximum absolute atomic E-state index is 12.5. The number of anilines is 1. The minimum absolute atomic E-state index is 0.0557. The normalized spacial score (nSPS) is 12.2. The zero-order valence-electron chi connectivity index (χ0n) is 14.6. The van der Waals surface area contributed by atoms with Gasteiger partial charge in [-0.1, -0.05) is 54.2 Å². The summed E-state index contributed by atoms with van der Waals surface area (Å²) in [4.78, 5) is 22.6. The maximum atomic E-state index is 12.5. The van der Waals surface area contributed by atoms with E-state index in [2.05, 4.69) is 27.4 Å². The zero-order chi connectivity index (χ0) is 18.6. The third kappa shape index (κ3) is 4.55. The summed E-state index contributed by atoms with van der Waals surface area (Å²) in [5.41, 5.74) is 2.21. The van der Waals surface area contributed by atoms with E-state index in [0.29, 0.717) is 5.13 Å². The number of aromatic nitrogens is 2. The number of carbonyl (C=O) groups is 1. The summed E-state index contributed by atoms with van der Waals surface area (Å²) in [6.07, 6.45) is 2.66. The molecule has 1 atom stereocenters. The number of benzene rings is 2. The number of hydrogen-bond donors (Lipinski definition) is 1. The van der Waals surface area contributed by atoms with Crippen molar-refractivity contribution in [2.75, 3.05) is 5.32 Å². The minimum atomic E-state index is -0.243. The SMILES string of the molecule is C[C@@H](Sc1nc2ccccc2s1)C(=O)Nc1ncc(Cc2ccccc2)s1. The predicted octanol–water partition coefficient (Wildman–Crippen LogP) is 5.46. The summed E-state index contributed by atoms with van der Waals surface area (Å²) in [6.45, 7) is 1.89. The van der Waals surface area contributed by atoms with Gasteiger partial charge in [-0.15, -0.1) is 22.7 Å². The van der Waals surface area contributed by atoms with Crippen LogP contribution in [0.4, 0.5) is 5.13 Å². The van der Waals surface area contributed by atoms with E-state index in [9.17, 15) is 4.79 Å². The quantitative estimate of drug-likeness (QED) is 0.428. The molecule has 2 aromatic heterocycles. The Morgan fingerprint density at radius 1 is 1.11 bits per heavy atom. The highest BCUT2D eigenvalue weighted by atomic mass is 32.2.